The van der Waals surface area contributed by atoms with Crippen LogP contribution in [0.15, 0.2) is 36.5 Å². The number of methoxy groups -OCH3 is 1. The number of hydrogen-bond acceptors (Lipinski definition) is 2. The molecule has 0 spiro atoms. The highest BCUT2D eigenvalue weighted by Gasteiger charge is 2.14. The molecule has 0 atom stereocenters. The van der Waals surface area contributed by atoms with E-state index in [1.807, 2.05) is 30.3 Å². The van der Waals surface area contributed by atoms with Gasteiger partial charge in [-0.2, -0.15) is 0 Å². The van der Waals surface area contributed by atoms with E-state index in [1.165, 1.54) is 0 Å². The highest BCUT2D eigenvalue weighted by Crippen LogP contribution is 2.36. The van der Waals surface area contributed by atoms with E-state index < -0.39 is 0 Å². The predicted octanol–water partition coefficient (Wildman–Crippen LogP) is 4.43. The summed E-state index contributed by atoms with van der Waals surface area (Å²) in [6.45, 7) is 11.3. The second-order valence-corrected chi connectivity index (χ2v) is 4.60. The van der Waals surface area contributed by atoms with E-state index in [4.69, 9.17) is 11.3 Å². The van der Waals surface area contributed by atoms with E-state index in [2.05, 4.69) is 23.7 Å². The maximum Gasteiger partial charge on any atom is 0.270 e. The van der Waals surface area contributed by atoms with Gasteiger partial charge >= 0.3 is 0 Å². The fourth-order valence-corrected chi connectivity index (χ4v) is 2.08. The number of benzene rings is 1. The van der Waals surface area contributed by atoms with Gasteiger partial charge in [-0.15, -0.1) is 4.98 Å². The summed E-state index contributed by atoms with van der Waals surface area (Å²) >= 11 is 0. The molecule has 0 amide bonds. The van der Waals surface area contributed by atoms with Crippen LogP contribution in [0.3, 0.4) is 0 Å². The molecule has 19 heavy (non-hydrogen) atoms. The lowest BCUT2D eigenvalue weighted by Crippen LogP contribution is -1.96. The second-order valence-electron chi connectivity index (χ2n) is 4.60. The molecule has 0 N–H and O–H groups in total. The lowest BCUT2D eigenvalue weighted by atomic mass is 9.94. The number of ether oxygens (including phenoxy) is 1. The van der Waals surface area contributed by atoms with Crippen LogP contribution in [-0.2, 0) is 0 Å². The number of aromatic nitrogens is 1. The van der Waals surface area contributed by atoms with E-state index in [1.54, 1.807) is 13.3 Å². The summed E-state index contributed by atoms with van der Waals surface area (Å²) in [5, 5.41) is 0. The molecule has 2 aromatic rings. The van der Waals surface area contributed by atoms with Gasteiger partial charge in [0.1, 0.15) is 11.9 Å². The van der Waals surface area contributed by atoms with Crippen molar-refractivity contribution in [2.24, 2.45) is 0 Å². The molecule has 2 rings (SSSR count). The molecule has 0 aliphatic carbocycles. The third-order valence-electron chi connectivity index (χ3n) is 3.05. The Bertz CT molecular complexity index is 627. The van der Waals surface area contributed by atoms with Crippen LogP contribution in [0.4, 0.5) is 5.82 Å². The van der Waals surface area contributed by atoms with E-state index in [-0.39, 0.29) is 0 Å². The summed E-state index contributed by atoms with van der Waals surface area (Å²) in [6, 6.07) is 9.68. The molecule has 1 heterocycles. The van der Waals surface area contributed by atoms with Gasteiger partial charge in [0.05, 0.1) is 7.11 Å². The summed E-state index contributed by atoms with van der Waals surface area (Å²) < 4.78 is 5.41. The van der Waals surface area contributed by atoms with Crippen LogP contribution in [0.5, 0.6) is 5.75 Å². The third-order valence-corrected chi connectivity index (χ3v) is 3.05. The van der Waals surface area contributed by atoms with Gasteiger partial charge in [-0.1, -0.05) is 38.6 Å². The number of pyridine rings is 1. The van der Waals surface area contributed by atoms with Crippen molar-refractivity contribution in [3.63, 3.8) is 0 Å². The van der Waals surface area contributed by atoms with Crippen molar-refractivity contribution in [3.05, 3.63) is 53.5 Å². The highest BCUT2D eigenvalue weighted by atomic mass is 16.5. The molecule has 3 nitrogen and oxygen atoms in total. The summed E-state index contributed by atoms with van der Waals surface area (Å²) in [5.74, 6) is 1.56. The van der Waals surface area contributed by atoms with Crippen molar-refractivity contribution in [3.8, 4) is 16.9 Å². The molecule has 0 saturated carbocycles. The van der Waals surface area contributed by atoms with Crippen molar-refractivity contribution >= 4 is 5.82 Å². The first-order valence-corrected chi connectivity index (χ1v) is 6.18. The molecule has 0 aliphatic rings. The number of rotatable bonds is 3. The van der Waals surface area contributed by atoms with Crippen LogP contribution in [0.25, 0.3) is 16.0 Å². The molecular formula is C16H16N2O. The van der Waals surface area contributed by atoms with E-state index in [9.17, 15) is 0 Å². The number of hydrogen-bond donors (Lipinski definition) is 0. The molecule has 1 aromatic carbocycles. The van der Waals surface area contributed by atoms with Gasteiger partial charge in [-0.25, -0.2) is 0 Å². The van der Waals surface area contributed by atoms with Gasteiger partial charge in [-0.3, -0.25) is 0 Å². The Hall–Kier alpha value is -2.34. The minimum atomic E-state index is 0.340. The molecule has 1 aromatic heterocycles. The molecule has 0 fully saturated rings. The Labute approximate surface area is 113 Å². The summed E-state index contributed by atoms with van der Waals surface area (Å²) in [6.07, 6.45) is 1.79. The third kappa shape index (κ3) is 2.58. The smallest absolute Gasteiger partial charge is 0.270 e. The standard InChI is InChI=1S/C16H16N2O/c1-11(2)14-10-18-16(17-3)9-13(14)12-7-5-6-8-15(12)19-4/h5-11H,1-2,4H3. The average molecular weight is 252 g/mol. The summed E-state index contributed by atoms with van der Waals surface area (Å²) in [4.78, 5) is 7.58. The summed E-state index contributed by atoms with van der Waals surface area (Å²) in [7, 11) is 1.66. The van der Waals surface area contributed by atoms with Crippen molar-refractivity contribution in [2.45, 2.75) is 19.8 Å². The Morgan fingerprint density at radius 3 is 2.58 bits per heavy atom. The Kier molecular flexibility index (Phi) is 3.82. The minimum Gasteiger partial charge on any atom is -0.496 e. The van der Waals surface area contributed by atoms with Gasteiger partial charge in [-0.05, 0) is 23.6 Å². The molecule has 0 bridgehead atoms. The molecule has 0 unspecified atom stereocenters. The van der Waals surface area contributed by atoms with E-state index in [0.29, 0.717) is 11.7 Å². The van der Waals surface area contributed by atoms with Crippen molar-refractivity contribution in [1.29, 1.82) is 0 Å². The van der Waals surface area contributed by atoms with Gasteiger partial charge in [0.15, 0.2) is 0 Å². The largest absolute Gasteiger partial charge is 0.496 e. The van der Waals surface area contributed by atoms with Crippen molar-refractivity contribution in [1.82, 2.24) is 4.98 Å². The SMILES string of the molecule is [C-]#[N+]c1cc(-c2ccccc2OC)c(C(C)C)cn1. The van der Waals surface area contributed by atoms with Crippen molar-refractivity contribution < 1.29 is 4.74 Å². The normalized spacial score (nSPS) is 10.3. The topological polar surface area (TPSA) is 26.5 Å². The monoisotopic (exact) mass is 252 g/mol. The molecule has 0 saturated heterocycles. The van der Waals surface area contributed by atoms with E-state index in [0.717, 1.165) is 22.4 Å². The highest BCUT2D eigenvalue weighted by molar-refractivity contribution is 5.75. The lowest BCUT2D eigenvalue weighted by molar-refractivity contribution is 0.416. The zero-order chi connectivity index (χ0) is 13.8. The maximum atomic E-state index is 7.11. The second kappa shape index (κ2) is 5.53. The first-order chi connectivity index (χ1) is 9.17. The van der Waals surface area contributed by atoms with Gasteiger partial charge in [0.2, 0.25) is 0 Å². The predicted molar refractivity (Wildman–Crippen MR) is 76.6 cm³/mol. The summed E-state index contributed by atoms with van der Waals surface area (Å²) in [5.41, 5.74) is 3.14. The zero-order valence-electron chi connectivity index (χ0n) is 11.3. The number of nitrogens with zero attached hydrogens (tertiary/aromatic N) is 2. The fraction of sp³-hybridized carbons (Fsp3) is 0.250. The van der Waals surface area contributed by atoms with Crippen LogP contribution in [0.1, 0.15) is 25.3 Å². The molecule has 3 heteroatoms. The zero-order valence-corrected chi connectivity index (χ0v) is 11.3. The molecule has 0 aliphatic heterocycles. The average Bonchev–Trinajstić information content (AvgIpc) is 2.46. The Balaban J connectivity index is 2.69. The number of para-hydroxylation sites is 1. The van der Waals surface area contributed by atoms with Crippen LogP contribution in [-0.4, -0.2) is 12.1 Å². The minimum absolute atomic E-state index is 0.340. The van der Waals surface area contributed by atoms with Crippen LogP contribution in [0, 0.1) is 6.57 Å². The molecule has 96 valence electrons. The van der Waals surface area contributed by atoms with Gasteiger partial charge in [0.25, 0.3) is 5.82 Å². The first kappa shape index (κ1) is 13.1. The lowest BCUT2D eigenvalue weighted by Gasteiger charge is -2.14. The van der Waals surface area contributed by atoms with E-state index >= 15 is 0 Å². The van der Waals surface area contributed by atoms with Gasteiger partial charge < -0.3 is 9.58 Å². The Morgan fingerprint density at radius 1 is 1.21 bits per heavy atom. The Morgan fingerprint density at radius 2 is 1.95 bits per heavy atom. The maximum absolute atomic E-state index is 7.11. The van der Waals surface area contributed by atoms with Crippen molar-refractivity contribution in [2.75, 3.05) is 7.11 Å². The van der Waals surface area contributed by atoms with Crippen LogP contribution < -0.4 is 4.74 Å². The molecular weight excluding hydrogens is 236 g/mol. The quantitative estimate of drug-likeness (QED) is 0.755. The first-order valence-electron chi connectivity index (χ1n) is 6.18. The van der Waals surface area contributed by atoms with Crippen LogP contribution >= 0.6 is 0 Å². The van der Waals surface area contributed by atoms with Gasteiger partial charge in [0, 0.05) is 11.1 Å². The fourth-order valence-electron chi connectivity index (χ4n) is 2.08. The molecule has 0 radical (unpaired) electrons. The van der Waals surface area contributed by atoms with Crippen LogP contribution in [0.2, 0.25) is 0 Å².